The zero-order chi connectivity index (χ0) is 20.1. The van der Waals surface area contributed by atoms with Gasteiger partial charge in [-0.1, -0.05) is 0 Å². The van der Waals surface area contributed by atoms with Crippen LogP contribution in [0.3, 0.4) is 0 Å². The van der Waals surface area contributed by atoms with Crippen molar-refractivity contribution >= 4 is 28.9 Å². The topological polar surface area (TPSA) is 83.7 Å². The van der Waals surface area contributed by atoms with Crippen LogP contribution < -0.4 is 15.4 Å². The Morgan fingerprint density at radius 1 is 1.14 bits per heavy atom. The van der Waals surface area contributed by atoms with E-state index in [1.54, 1.807) is 37.4 Å². The lowest BCUT2D eigenvalue weighted by Gasteiger charge is -2.12. The molecule has 1 aromatic heterocycles. The lowest BCUT2D eigenvalue weighted by atomic mass is 10.1. The van der Waals surface area contributed by atoms with Crippen molar-refractivity contribution in [1.82, 2.24) is 5.32 Å². The van der Waals surface area contributed by atoms with Gasteiger partial charge in [0, 0.05) is 16.8 Å². The quantitative estimate of drug-likeness (QED) is 0.568. The van der Waals surface area contributed by atoms with Crippen LogP contribution in [-0.2, 0) is 6.61 Å². The number of nitrogens with one attached hydrogen (secondary N) is 2. The number of benzene rings is 2. The molecular formula is C21H20N2O4S. The molecule has 0 aliphatic carbocycles. The summed E-state index contributed by atoms with van der Waals surface area (Å²) in [5, 5.41) is 15.0. The smallest absolute Gasteiger partial charge is 0.257 e. The van der Waals surface area contributed by atoms with Crippen LogP contribution in [0.15, 0.2) is 59.0 Å². The van der Waals surface area contributed by atoms with Gasteiger partial charge in [-0.15, -0.1) is 0 Å². The van der Waals surface area contributed by atoms with Crippen LogP contribution in [0.25, 0.3) is 11.3 Å². The van der Waals surface area contributed by atoms with Gasteiger partial charge in [-0.25, -0.2) is 0 Å². The molecule has 0 saturated carbocycles. The Hall–Kier alpha value is -3.16. The molecule has 2 aromatic carbocycles. The van der Waals surface area contributed by atoms with E-state index in [1.165, 1.54) is 0 Å². The molecule has 6 nitrogen and oxygen atoms in total. The molecule has 0 aliphatic heterocycles. The van der Waals surface area contributed by atoms with Gasteiger partial charge < -0.3 is 19.6 Å². The molecule has 144 valence electrons. The molecule has 0 bridgehead atoms. The number of amides is 1. The highest BCUT2D eigenvalue weighted by molar-refractivity contribution is 7.80. The predicted molar refractivity (Wildman–Crippen MR) is 111 cm³/mol. The fourth-order valence-corrected chi connectivity index (χ4v) is 2.92. The van der Waals surface area contributed by atoms with E-state index >= 15 is 0 Å². The van der Waals surface area contributed by atoms with Gasteiger partial charge in [-0.3, -0.25) is 10.1 Å². The number of hydrogen-bond acceptors (Lipinski definition) is 5. The molecule has 3 aromatic rings. The van der Waals surface area contributed by atoms with Crippen molar-refractivity contribution in [3.63, 3.8) is 0 Å². The molecule has 28 heavy (non-hydrogen) atoms. The minimum Gasteiger partial charge on any atom is -0.497 e. The van der Waals surface area contributed by atoms with Crippen LogP contribution >= 0.6 is 12.2 Å². The van der Waals surface area contributed by atoms with Crippen molar-refractivity contribution in [2.45, 2.75) is 13.5 Å². The lowest BCUT2D eigenvalue weighted by Crippen LogP contribution is -2.34. The SMILES string of the molecule is COc1ccc(C(=O)NC(=S)Nc2ccc(-c3ccc(CO)o3)c(C)c2)cc1. The normalized spacial score (nSPS) is 10.4. The molecule has 3 N–H and O–H groups in total. The highest BCUT2D eigenvalue weighted by Gasteiger charge is 2.11. The molecule has 0 fully saturated rings. The Labute approximate surface area is 168 Å². The number of aliphatic hydroxyl groups is 1. The van der Waals surface area contributed by atoms with E-state index in [2.05, 4.69) is 10.6 Å². The Balaban J connectivity index is 1.65. The first kappa shape index (κ1) is 19.6. The van der Waals surface area contributed by atoms with Crippen molar-refractivity contribution in [3.05, 3.63) is 71.5 Å². The molecule has 0 spiro atoms. The summed E-state index contributed by atoms with van der Waals surface area (Å²) in [6.45, 7) is 1.81. The third-order valence-electron chi connectivity index (χ3n) is 4.15. The number of thiocarbonyl (C=S) groups is 1. The molecule has 0 unspecified atom stereocenters. The lowest BCUT2D eigenvalue weighted by molar-refractivity contribution is 0.0977. The predicted octanol–water partition coefficient (Wildman–Crippen LogP) is 3.88. The van der Waals surface area contributed by atoms with E-state index < -0.39 is 0 Å². The number of methoxy groups -OCH3 is 1. The number of aliphatic hydroxyl groups excluding tert-OH is 1. The highest BCUT2D eigenvalue weighted by atomic mass is 32.1. The number of aryl methyl sites for hydroxylation is 1. The molecule has 1 amide bonds. The molecule has 3 rings (SSSR count). The summed E-state index contributed by atoms with van der Waals surface area (Å²) >= 11 is 5.24. The minimum atomic E-state index is -0.305. The van der Waals surface area contributed by atoms with Gasteiger partial charge in [-0.2, -0.15) is 0 Å². The number of carbonyl (C=O) groups is 1. The van der Waals surface area contributed by atoms with Crippen molar-refractivity contribution in [2.24, 2.45) is 0 Å². The Morgan fingerprint density at radius 3 is 2.50 bits per heavy atom. The zero-order valence-corrected chi connectivity index (χ0v) is 16.3. The van der Waals surface area contributed by atoms with Crippen molar-refractivity contribution < 1.29 is 19.1 Å². The molecular weight excluding hydrogens is 376 g/mol. The maximum absolute atomic E-state index is 12.3. The average molecular weight is 396 g/mol. The Morgan fingerprint density at radius 2 is 1.89 bits per heavy atom. The van der Waals surface area contributed by atoms with Crippen molar-refractivity contribution in [1.29, 1.82) is 0 Å². The number of furan rings is 1. The summed E-state index contributed by atoms with van der Waals surface area (Å²) < 4.78 is 10.7. The van der Waals surface area contributed by atoms with Gasteiger partial charge >= 0.3 is 0 Å². The Bertz CT molecular complexity index is 996. The summed E-state index contributed by atoms with van der Waals surface area (Å²) in [6.07, 6.45) is 0. The van der Waals surface area contributed by atoms with Gasteiger partial charge in [-0.05, 0) is 79.3 Å². The first-order valence-electron chi connectivity index (χ1n) is 8.57. The number of hydrogen-bond donors (Lipinski definition) is 3. The van der Waals surface area contributed by atoms with Crippen LogP contribution in [0.2, 0.25) is 0 Å². The summed E-state index contributed by atoms with van der Waals surface area (Å²) in [5.41, 5.74) is 3.11. The maximum Gasteiger partial charge on any atom is 0.257 e. The van der Waals surface area contributed by atoms with Crippen molar-refractivity contribution in [3.8, 4) is 17.1 Å². The molecule has 0 radical (unpaired) electrons. The van der Waals surface area contributed by atoms with E-state index in [1.807, 2.05) is 31.2 Å². The van der Waals surface area contributed by atoms with Crippen LogP contribution in [0.1, 0.15) is 21.7 Å². The molecule has 0 aliphatic rings. The third-order valence-corrected chi connectivity index (χ3v) is 4.35. The summed E-state index contributed by atoms with van der Waals surface area (Å²) in [6, 6.07) is 16.0. The zero-order valence-electron chi connectivity index (χ0n) is 15.5. The van der Waals surface area contributed by atoms with E-state index in [0.717, 1.165) is 16.8 Å². The molecule has 0 saturated heterocycles. The number of carbonyl (C=O) groups excluding carboxylic acids is 1. The van der Waals surface area contributed by atoms with Crippen LogP contribution in [0.5, 0.6) is 5.75 Å². The number of ether oxygens (including phenoxy) is 1. The average Bonchev–Trinajstić information content (AvgIpc) is 3.17. The van der Waals surface area contributed by atoms with E-state index in [0.29, 0.717) is 22.8 Å². The molecule has 0 atom stereocenters. The van der Waals surface area contributed by atoms with Gasteiger partial charge in [0.05, 0.1) is 7.11 Å². The van der Waals surface area contributed by atoms with Gasteiger partial charge in [0.2, 0.25) is 0 Å². The van der Waals surface area contributed by atoms with E-state index in [4.69, 9.17) is 26.5 Å². The molecule has 1 heterocycles. The molecule has 7 heteroatoms. The van der Waals surface area contributed by atoms with Crippen LogP contribution in [0.4, 0.5) is 5.69 Å². The highest BCUT2D eigenvalue weighted by Crippen LogP contribution is 2.27. The van der Waals surface area contributed by atoms with Gasteiger partial charge in [0.1, 0.15) is 23.9 Å². The standard InChI is InChI=1S/C21H20N2O4S/c1-13-11-15(5-9-18(13)19-10-8-17(12-24)27-19)22-21(28)23-20(25)14-3-6-16(26-2)7-4-14/h3-11,24H,12H2,1-2H3,(H2,22,23,25,28). The second kappa shape index (κ2) is 8.69. The summed E-state index contributed by atoms with van der Waals surface area (Å²) in [5.74, 6) is 1.57. The summed E-state index contributed by atoms with van der Waals surface area (Å²) in [4.78, 5) is 12.3. The summed E-state index contributed by atoms with van der Waals surface area (Å²) in [7, 11) is 1.57. The van der Waals surface area contributed by atoms with Gasteiger partial charge in [0.25, 0.3) is 5.91 Å². The monoisotopic (exact) mass is 396 g/mol. The first-order valence-corrected chi connectivity index (χ1v) is 8.98. The van der Waals surface area contributed by atoms with Crippen molar-refractivity contribution in [2.75, 3.05) is 12.4 Å². The minimum absolute atomic E-state index is 0.138. The largest absolute Gasteiger partial charge is 0.497 e. The van der Waals surface area contributed by atoms with Crippen LogP contribution in [-0.4, -0.2) is 23.2 Å². The van der Waals surface area contributed by atoms with Crippen LogP contribution in [0, 0.1) is 6.92 Å². The third kappa shape index (κ3) is 4.57. The fourth-order valence-electron chi connectivity index (χ4n) is 2.71. The second-order valence-electron chi connectivity index (χ2n) is 6.09. The first-order chi connectivity index (χ1) is 13.5. The second-order valence-corrected chi connectivity index (χ2v) is 6.50. The maximum atomic E-state index is 12.3. The van der Waals surface area contributed by atoms with E-state index in [-0.39, 0.29) is 17.6 Å². The Kier molecular flexibility index (Phi) is 6.08. The van der Waals surface area contributed by atoms with Gasteiger partial charge in [0.15, 0.2) is 5.11 Å². The number of rotatable bonds is 5. The fraction of sp³-hybridized carbons (Fsp3) is 0.143. The number of anilines is 1. The van der Waals surface area contributed by atoms with E-state index in [9.17, 15) is 4.79 Å².